The summed E-state index contributed by atoms with van der Waals surface area (Å²) in [6.45, 7) is 4.09. The van der Waals surface area contributed by atoms with Crippen LogP contribution in [0.2, 0.25) is 0 Å². The zero-order valence-electron chi connectivity index (χ0n) is 18.4. The van der Waals surface area contributed by atoms with Gasteiger partial charge in [-0.2, -0.15) is 13.2 Å². The van der Waals surface area contributed by atoms with Gasteiger partial charge in [-0.15, -0.1) is 10.2 Å². The predicted octanol–water partition coefficient (Wildman–Crippen LogP) is 4.25. The minimum Gasteiger partial charge on any atom is -0.344 e. The lowest BCUT2D eigenvalue weighted by Gasteiger charge is -2.48. The molecule has 3 fully saturated rings. The number of rotatable bonds is 4. The van der Waals surface area contributed by atoms with Gasteiger partial charge in [0.15, 0.2) is 0 Å². The van der Waals surface area contributed by atoms with Gasteiger partial charge in [0.2, 0.25) is 10.1 Å². The summed E-state index contributed by atoms with van der Waals surface area (Å²) in [5.74, 6) is 0.712. The first-order chi connectivity index (χ1) is 15.9. The number of anilines is 1. The van der Waals surface area contributed by atoms with Crippen molar-refractivity contribution in [3.63, 3.8) is 0 Å². The molecular formula is C23H28F3N5OS. The number of benzene rings is 1. The topological polar surface area (TPSA) is 52.6 Å². The van der Waals surface area contributed by atoms with Crippen LogP contribution in [-0.4, -0.2) is 71.2 Å². The molecule has 1 aliphatic carbocycles. The second kappa shape index (κ2) is 9.21. The van der Waals surface area contributed by atoms with E-state index in [1.807, 2.05) is 21.9 Å². The van der Waals surface area contributed by atoms with Gasteiger partial charge in [-0.1, -0.05) is 42.7 Å². The van der Waals surface area contributed by atoms with Gasteiger partial charge in [-0.25, -0.2) is 0 Å². The zero-order valence-corrected chi connectivity index (χ0v) is 19.2. The zero-order chi connectivity index (χ0) is 23.0. The Morgan fingerprint density at radius 1 is 0.939 bits per heavy atom. The third-order valence-corrected chi connectivity index (χ3v) is 8.17. The van der Waals surface area contributed by atoms with Crippen LogP contribution < -0.4 is 4.90 Å². The second-order valence-electron chi connectivity index (χ2n) is 9.23. The molecule has 33 heavy (non-hydrogen) atoms. The van der Waals surface area contributed by atoms with E-state index >= 15 is 0 Å². The lowest BCUT2D eigenvalue weighted by Crippen LogP contribution is -2.64. The third-order valence-electron chi connectivity index (χ3n) is 7.14. The van der Waals surface area contributed by atoms with E-state index in [-0.39, 0.29) is 5.91 Å². The van der Waals surface area contributed by atoms with Crippen molar-refractivity contribution in [2.24, 2.45) is 0 Å². The van der Waals surface area contributed by atoms with Gasteiger partial charge in [0.1, 0.15) is 0 Å². The van der Waals surface area contributed by atoms with E-state index in [2.05, 4.69) is 27.2 Å². The maximum atomic E-state index is 12.9. The third kappa shape index (κ3) is 4.87. The first-order valence-electron chi connectivity index (χ1n) is 11.7. The van der Waals surface area contributed by atoms with Crippen molar-refractivity contribution in [3.8, 4) is 0 Å². The molecule has 0 radical (unpaired) electrons. The Bertz CT molecular complexity index is 959. The van der Waals surface area contributed by atoms with Gasteiger partial charge in [-0.3, -0.25) is 9.69 Å². The highest BCUT2D eigenvalue weighted by atomic mass is 32.1. The molecule has 2 aliphatic heterocycles. The van der Waals surface area contributed by atoms with E-state index in [0.717, 1.165) is 18.7 Å². The molecule has 0 atom stereocenters. The number of piperazine rings is 1. The molecule has 0 unspecified atom stereocenters. The molecule has 3 aliphatic rings. The van der Waals surface area contributed by atoms with E-state index in [4.69, 9.17) is 0 Å². The molecular weight excluding hydrogens is 451 g/mol. The van der Waals surface area contributed by atoms with Crippen molar-refractivity contribution < 1.29 is 18.0 Å². The summed E-state index contributed by atoms with van der Waals surface area (Å²) in [5.41, 5.74) is 2.10. The molecule has 0 spiro atoms. The monoisotopic (exact) mass is 479 g/mol. The number of aromatic nitrogens is 2. The van der Waals surface area contributed by atoms with Crippen LogP contribution in [-0.2, 0) is 6.18 Å². The van der Waals surface area contributed by atoms with E-state index in [1.165, 1.54) is 37.7 Å². The summed E-state index contributed by atoms with van der Waals surface area (Å²) in [7, 11) is 0. The molecule has 2 aromatic rings. The van der Waals surface area contributed by atoms with Gasteiger partial charge in [0.05, 0.1) is 0 Å². The van der Waals surface area contributed by atoms with Gasteiger partial charge >= 0.3 is 6.18 Å². The van der Waals surface area contributed by atoms with Gasteiger partial charge in [-0.05, 0) is 36.5 Å². The molecule has 6 nitrogen and oxygen atoms in total. The van der Waals surface area contributed by atoms with Crippen LogP contribution in [0.5, 0.6) is 0 Å². The van der Waals surface area contributed by atoms with Gasteiger partial charge in [0, 0.05) is 50.9 Å². The quantitative estimate of drug-likeness (QED) is 0.656. The lowest BCUT2D eigenvalue weighted by molar-refractivity contribution is -0.138. The van der Waals surface area contributed by atoms with E-state index in [1.54, 1.807) is 0 Å². The number of carbonyl (C=O) groups is 1. The van der Waals surface area contributed by atoms with Crippen molar-refractivity contribution in [1.29, 1.82) is 0 Å². The molecule has 0 N–H and O–H groups in total. The first-order valence-corrected chi connectivity index (χ1v) is 12.5. The lowest BCUT2D eigenvalue weighted by atomic mass is 9.84. The summed E-state index contributed by atoms with van der Waals surface area (Å²) >= 11 is 0.595. The standard InChI is InChI=1S/C23H28F3N5OS/c24-23(25,26)21-27-28-22(33-21)30-12-10-29(11-13-30)19-14-31(15-19)20(32)18-8-6-17(7-9-18)16-4-2-1-3-5-16/h6-9,16,19H,1-5,10-15H2. The van der Waals surface area contributed by atoms with E-state index < -0.39 is 11.2 Å². The van der Waals surface area contributed by atoms with Crippen LogP contribution in [0.4, 0.5) is 18.3 Å². The normalized spacial score (nSPS) is 21.3. The smallest absolute Gasteiger partial charge is 0.344 e. The number of hydrogen-bond donors (Lipinski definition) is 0. The van der Waals surface area contributed by atoms with Crippen LogP contribution in [0.1, 0.15) is 59.0 Å². The Balaban J connectivity index is 1.09. The second-order valence-corrected chi connectivity index (χ2v) is 10.2. The highest BCUT2D eigenvalue weighted by Crippen LogP contribution is 2.35. The fourth-order valence-corrected chi connectivity index (χ4v) is 5.87. The fraction of sp³-hybridized carbons (Fsp3) is 0.609. The van der Waals surface area contributed by atoms with Crippen LogP contribution in [0.3, 0.4) is 0 Å². The molecule has 1 saturated carbocycles. The maximum Gasteiger partial charge on any atom is 0.445 e. The molecule has 0 bridgehead atoms. The Morgan fingerprint density at radius 2 is 1.61 bits per heavy atom. The number of hydrogen-bond acceptors (Lipinski definition) is 6. The minimum absolute atomic E-state index is 0.0774. The first kappa shape index (κ1) is 22.6. The summed E-state index contributed by atoms with van der Waals surface area (Å²) in [6, 6.07) is 8.48. The van der Waals surface area contributed by atoms with E-state index in [0.29, 0.717) is 54.6 Å². The summed E-state index contributed by atoms with van der Waals surface area (Å²) in [4.78, 5) is 18.9. The van der Waals surface area contributed by atoms with Crippen molar-refractivity contribution in [1.82, 2.24) is 20.0 Å². The summed E-state index contributed by atoms with van der Waals surface area (Å²) in [6.07, 6.45) is 1.97. The van der Waals surface area contributed by atoms with Gasteiger partial charge in [0.25, 0.3) is 5.91 Å². The van der Waals surface area contributed by atoms with Crippen molar-refractivity contribution in [2.45, 2.75) is 50.2 Å². The predicted molar refractivity (Wildman–Crippen MR) is 121 cm³/mol. The number of amides is 1. The molecule has 10 heteroatoms. The van der Waals surface area contributed by atoms with Crippen LogP contribution in [0.25, 0.3) is 0 Å². The van der Waals surface area contributed by atoms with Gasteiger partial charge < -0.3 is 9.80 Å². The minimum atomic E-state index is -4.45. The highest BCUT2D eigenvalue weighted by molar-refractivity contribution is 7.15. The Morgan fingerprint density at radius 3 is 2.21 bits per heavy atom. The number of alkyl halides is 3. The maximum absolute atomic E-state index is 12.9. The Kier molecular flexibility index (Phi) is 6.30. The highest BCUT2D eigenvalue weighted by Gasteiger charge is 2.38. The molecule has 1 amide bonds. The number of nitrogens with zero attached hydrogens (tertiary/aromatic N) is 5. The fourth-order valence-electron chi connectivity index (χ4n) is 5.10. The van der Waals surface area contributed by atoms with Crippen LogP contribution in [0.15, 0.2) is 24.3 Å². The van der Waals surface area contributed by atoms with Crippen LogP contribution in [0, 0.1) is 0 Å². The number of likely N-dealkylation sites (tertiary alicyclic amines) is 1. The van der Waals surface area contributed by atoms with E-state index in [9.17, 15) is 18.0 Å². The molecule has 2 saturated heterocycles. The van der Waals surface area contributed by atoms with Crippen molar-refractivity contribution in [2.75, 3.05) is 44.2 Å². The summed E-state index contributed by atoms with van der Waals surface area (Å²) < 4.78 is 38.3. The Hall–Kier alpha value is -2.20. The number of carbonyl (C=O) groups excluding carboxylic acids is 1. The summed E-state index contributed by atoms with van der Waals surface area (Å²) in [5, 5.41) is 6.42. The SMILES string of the molecule is O=C(c1ccc(C2CCCCC2)cc1)N1CC(N2CCN(c3nnc(C(F)(F)F)s3)CC2)C1. The molecule has 1 aromatic carbocycles. The number of halogens is 3. The van der Waals surface area contributed by atoms with Crippen molar-refractivity contribution in [3.05, 3.63) is 40.4 Å². The average Bonchev–Trinajstić information content (AvgIpc) is 3.30. The molecule has 3 heterocycles. The molecule has 1 aromatic heterocycles. The molecule has 5 rings (SSSR count). The van der Waals surface area contributed by atoms with Crippen molar-refractivity contribution >= 4 is 22.4 Å². The van der Waals surface area contributed by atoms with Crippen LogP contribution >= 0.6 is 11.3 Å². The largest absolute Gasteiger partial charge is 0.445 e. The molecule has 178 valence electrons. The Labute approximate surface area is 195 Å². The average molecular weight is 480 g/mol.